The van der Waals surface area contributed by atoms with Crippen LogP contribution in [0.4, 0.5) is 0 Å². The highest BCUT2D eigenvalue weighted by Gasteiger charge is 2.15. The number of hydrogen-bond donors (Lipinski definition) is 2. The largest absolute Gasteiger partial charge is 0.316 e. The summed E-state index contributed by atoms with van der Waals surface area (Å²) >= 11 is 0. The summed E-state index contributed by atoms with van der Waals surface area (Å²) in [6, 6.07) is 0. The Hall–Kier alpha value is -0.0800. The molecule has 1 unspecified atom stereocenters. The van der Waals surface area contributed by atoms with Gasteiger partial charge in [0.25, 0.3) is 0 Å². The quantitative estimate of drug-likeness (QED) is 0.607. The fourth-order valence-corrected chi connectivity index (χ4v) is 1.90. The molecule has 1 aliphatic rings. The van der Waals surface area contributed by atoms with Crippen LogP contribution in [0.1, 0.15) is 38.5 Å². The van der Waals surface area contributed by atoms with E-state index in [0.717, 1.165) is 12.3 Å². The van der Waals surface area contributed by atoms with Gasteiger partial charge in [-0.05, 0) is 19.4 Å². The number of nitrogens with two attached hydrogens (primary N) is 1. The van der Waals surface area contributed by atoms with Gasteiger partial charge >= 0.3 is 0 Å². The zero-order chi connectivity index (χ0) is 8.10. The first-order valence-corrected chi connectivity index (χ1v) is 4.76. The minimum absolute atomic E-state index is 0.220. The van der Waals surface area contributed by atoms with Gasteiger partial charge in [0, 0.05) is 0 Å². The molecule has 1 atom stereocenters. The van der Waals surface area contributed by atoms with Crippen molar-refractivity contribution < 1.29 is 0 Å². The molecule has 0 aromatic heterocycles. The molecule has 0 saturated heterocycles. The van der Waals surface area contributed by atoms with Gasteiger partial charge in [-0.1, -0.05) is 32.1 Å². The first-order chi connectivity index (χ1) is 5.33. The highest BCUT2D eigenvalue weighted by Crippen LogP contribution is 2.26. The van der Waals surface area contributed by atoms with Gasteiger partial charge in [0.2, 0.25) is 0 Å². The van der Waals surface area contributed by atoms with Crippen molar-refractivity contribution in [2.45, 2.75) is 44.7 Å². The maximum absolute atomic E-state index is 5.79. The van der Waals surface area contributed by atoms with Crippen molar-refractivity contribution in [3.63, 3.8) is 0 Å². The zero-order valence-electron chi connectivity index (χ0n) is 7.47. The molecule has 1 fully saturated rings. The van der Waals surface area contributed by atoms with Gasteiger partial charge in [-0.15, -0.1) is 0 Å². The predicted molar refractivity (Wildman–Crippen MR) is 48.2 cm³/mol. The zero-order valence-corrected chi connectivity index (χ0v) is 7.47. The van der Waals surface area contributed by atoms with Gasteiger partial charge in [0.05, 0.1) is 6.17 Å². The molecule has 1 saturated carbocycles. The molecule has 66 valence electrons. The van der Waals surface area contributed by atoms with Crippen LogP contribution in [0.2, 0.25) is 0 Å². The van der Waals surface area contributed by atoms with E-state index in [4.69, 9.17) is 5.73 Å². The molecule has 11 heavy (non-hydrogen) atoms. The van der Waals surface area contributed by atoms with E-state index in [2.05, 4.69) is 5.32 Å². The Balaban J connectivity index is 2.13. The van der Waals surface area contributed by atoms with E-state index >= 15 is 0 Å². The molecule has 0 aromatic rings. The van der Waals surface area contributed by atoms with Crippen molar-refractivity contribution >= 4 is 0 Å². The molecule has 0 radical (unpaired) electrons. The van der Waals surface area contributed by atoms with Crippen molar-refractivity contribution in [3.05, 3.63) is 0 Å². The maximum atomic E-state index is 5.79. The second-order valence-corrected chi connectivity index (χ2v) is 3.63. The summed E-state index contributed by atoms with van der Waals surface area (Å²) in [6.07, 6.45) is 8.45. The normalized spacial score (nSPS) is 23.5. The lowest BCUT2D eigenvalue weighted by atomic mass is 9.86. The molecular formula is C9H20N2. The Morgan fingerprint density at radius 2 is 2.00 bits per heavy atom. The lowest BCUT2D eigenvalue weighted by Crippen LogP contribution is -2.36. The predicted octanol–water partition coefficient (Wildman–Crippen LogP) is 1.46. The van der Waals surface area contributed by atoms with Gasteiger partial charge < -0.3 is 11.1 Å². The lowest BCUT2D eigenvalue weighted by molar-refractivity contribution is 0.306. The fraction of sp³-hybridized carbons (Fsp3) is 1.00. The van der Waals surface area contributed by atoms with E-state index in [0.29, 0.717) is 0 Å². The summed E-state index contributed by atoms with van der Waals surface area (Å²) in [5.74, 6) is 0.895. The third-order valence-electron chi connectivity index (χ3n) is 2.68. The van der Waals surface area contributed by atoms with Crippen molar-refractivity contribution in [1.82, 2.24) is 5.32 Å². The van der Waals surface area contributed by atoms with Crippen LogP contribution in [0.25, 0.3) is 0 Å². The average Bonchev–Trinajstić information content (AvgIpc) is 2.06. The summed E-state index contributed by atoms with van der Waals surface area (Å²) in [5, 5.41) is 3.09. The summed E-state index contributed by atoms with van der Waals surface area (Å²) in [6.45, 7) is 0. The Morgan fingerprint density at radius 1 is 1.36 bits per heavy atom. The van der Waals surface area contributed by atoms with E-state index in [9.17, 15) is 0 Å². The lowest BCUT2D eigenvalue weighted by Gasteiger charge is -2.24. The van der Waals surface area contributed by atoms with Crippen LogP contribution in [-0.2, 0) is 0 Å². The molecule has 2 heteroatoms. The second kappa shape index (κ2) is 4.73. The molecule has 2 nitrogen and oxygen atoms in total. The average molecular weight is 156 g/mol. The summed E-state index contributed by atoms with van der Waals surface area (Å²) in [5.41, 5.74) is 5.79. The Morgan fingerprint density at radius 3 is 2.55 bits per heavy atom. The van der Waals surface area contributed by atoms with Gasteiger partial charge in [-0.25, -0.2) is 0 Å². The second-order valence-electron chi connectivity index (χ2n) is 3.63. The van der Waals surface area contributed by atoms with Crippen molar-refractivity contribution in [2.75, 3.05) is 7.05 Å². The van der Waals surface area contributed by atoms with Crippen molar-refractivity contribution in [2.24, 2.45) is 11.7 Å². The van der Waals surface area contributed by atoms with Crippen molar-refractivity contribution in [1.29, 1.82) is 0 Å². The first-order valence-electron chi connectivity index (χ1n) is 4.76. The third kappa shape index (κ3) is 3.21. The Kier molecular flexibility index (Phi) is 3.87. The van der Waals surface area contributed by atoms with E-state index < -0.39 is 0 Å². The summed E-state index contributed by atoms with van der Waals surface area (Å²) in [4.78, 5) is 0. The van der Waals surface area contributed by atoms with Gasteiger partial charge in [-0.2, -0.15) is 0 Å². The van der Waals surface area contributed by atoms with Crippen molar-refractivity contribution in [3.8, 4) is 0 Å². The number of nitrogens with one attached hydrogen (secondary N) is 1. The highest BCUT2D eigenvalue weighted by atomic mass is 15.0. The molecule has 0 heterocycles. The molecule has 0 aliphatic heterocycles. The highest BCUT2D eigenvalue weighted by molar-refractivity contribution is 4.69. The number of hydrogen-bond acceptors (Lipinski definition) is 2. The Labute approximate surface area is 69.5 Å². The topological polar surface area (TPSA) is 38.0 Å². The smallest absolute Gasteiger partial charge is 0.0546 e. The number of rotatable bonds is 3. The van der Waals surface area contributed by atoms with E-state index in [1.54, 1.807) is 0 Å². The van der Waals surface area contributed by atoms with Gasteiger partial charge in [-0.3, -0.25) is 0 Å². The van der Waals surface area contributed by atoms with E-state index in [1.165, 1.54) is 32.1 Å². The van der Waals surface area contributed by atoms with Crippen LogP contribution < -0.4 is 11.1 Å². The van der Waals surface area contributed by atoms with Crippen LogP contribution in [-0.4, -0.2) is 13.2 Å². The molecular weight excluding hydrogens is 136 g/mol. The van der Waals surface area contributed by atoms with Crippen LogP contribution >= 0.6 is 0 Å². The van der Waals surface area contributed by atoms with Crippen LogP contribution in [0, 0.1) is 5.92 Å². The first kappa shape index (κ1) is 9.01. The van der Waals surface area contributed by atoms with E-state index in [1.807, 2.05) is 7.05 Å². The molecule has 3 N–H and O–H groups in total. The monoisotopic (exact) mass is 156 g/mol. The molecule has 1 rings (SSSR count). The molecule has 1 aliphatic carbocycles. The molecule has 0 aromatic carbocycles. The Bertz CT molecular complexity index is 97.7. The third-order valence-corrected chi connectivity index (χ3v) is 2.68. The van der Waals surface area contributed by atoms with Gasteiger partial charge in [0.1, 0.15) is 0 Å². The minimum atomic E-state index is 0.220. The van der Waals surface area contributed by atoms with Gasteiger partial charge in [0.15, 0.2) is 0 Å². The maximum Gasteiger partial charge on any atom is 0.0546 e. The summed E-state index contributed by atoms with van der Waals surface area (Å²) < 4.78 is 0. The standard InChI is InChI=1S/C9H20N2/c1-11-9(10)7-8-5-3-2-4-6-8/h8-9,11H,2-7,10H2,1H3. The molecule has 0 amide bonds. The van der Waals surface area contributed by atoms with Crippen LogP contribution in [0.5, 0.6) is 0 Å². The molecule has 0 spiro atoms. The van der Waals surface area contributed by atoms with Crippen LogP contribution in [0.3, 0.4) is 0 Å². The van der Waals surface area contributed by atoms with Crippen LogP contribution in [0.15, 0.2) is 0 Å². The fourth-order valence-electron chi connectivity index (χ4n) is 1.90. The summed E-state index contributed by atoms with van der Waals surface area (Å²) in [7, 11) is 1.94. The molecule has 0 bridgehead atoms. The SMILES string of the molecule is CNC(N)CC1CCCCC1. The minimum Gasteiger partial charge on any atom is -0.316 e. The van der Waals surface area contributed by atoms with E-state index in [-0.39, 0.29) is 6.17 Å².